The Bertz CT molecular complexity index is 263. The third kappa shape index (κ3) is 2.11. The zero-order valence-electron chi connectivity index (χ0n) is 9.17. The molecular formula is C11H20N2. The van der Waals surface area contributed by atoms with Crippen LogP contribution in [0.1, 0.15) is 38.7 Å². The van der Waals surface area contributed by atoms with Crippen LogP contribution in [0, 0.1) is 12.8 Å². The topological polar surface area (TPSA) is 17.8 Å². The molecule has 1 aliphatic heterocycles. The summed E-state index contributed by atoms with van der Waals surface area (Å²) in [5, 5.41) is 0. The summed E-state index contributed by atoms with van der Waals surface area (Å²) in [6, 6.07) is 0. The van der Waals surface area contributed by atoms with E-state index in [1.54, 1.807) is 0 Å². The van der Waals surface area contributed by atoms with Gasteiger partial charge in [-0.25, -0.2) is 4.98 Å². The number of hydrogen-bond acceptors (Lipinski definition) is 1. The van der Waals surface area contributed by atoms with Crippen molar-refractivity contribution in [3.63, 3.8) is 0 Å². The van der Waals surface area contributed by atoms with Crippen molar-refractivity contribution in [1.82, 2.24) is 9.55 Å². The monoisotopic (exact) mass is 180 g/mol. The van der Waals surface area contributed by atoms with Crippen molar-refractivity contribution in [2.45, 2.75) is 47.1 Å². The first-order valence-corrected chi connectivity index (χ1v) is 5.28. The van der Waals surface area contributed by atoms with Gasteiger partial charge in [0.1, 0.15) is 5.82 Å². The minimum atomic E-state index is 0.846. The van der Waals surface area contributed by atoms with E-state index in [1.165, 1.54) is 30.9 Å². The van der Waals surface area contributed by atoms with Gasteiger partial charge in [-0.3, -0.25) is 0 Å². The standard InChI is InChI=1S/C9H14N2.C2H6/c1-7-3-4-11-8(2)10-6-9(11)5-7;1-2/h6-7H,3-5H2,1-2H3;1-2H3. The molecule has 0 saturated heterocycles. The third-order valence-electron chi connectivity index (χ3n) is 2.54. The van der Waals surface area contributed by atoms with Gasteiger partial charge in [-0.1, -0.05) is 20.8 Å². The van der Waals surface area contributed by atoms with E-state index in [2.05, 4.69) is 23.4 Å². The lowest BCUT2D eigenvalue weighted by Crippen LogP contribution is -2.17. The molecule has 1 aromatic heterocycles. The minimum Gasteiger partial charge on any atom is -0.332 e. The Morgan fingerprint density at radius 1 is 1.46 bits per heavy atom. The molecular weight excluding hydrogens is 160 g/mol. The molecule has 1 unspecified atom stereocenters. The van der Waals surface area contributed by atoms with Gasteiger partial charge in [0.05, 0.1) is 0 Å². The Morgan fingerprint density at radius 2 is 2.15 bits per heavy atom. The van der Waals surface area contributed by atoms with Gasteiger partial charge in [-0.05, 0) is 25.7 Å². The van der Waals surface area contributed by atoms with Crippen LogP contribution in [0.25, 0.3) is 0 Å². The van der Waals surface area contributed by atoms with E-state index < -0.39 is 0 Å². The highest BCUT2D eigenvalue weighted by atomic mass is 15.1. The highest BCUT2D eigenvalue weighted by Crippen LogP contribution is 2.20. The van der Waals surface area contributed by atoms with Crippen molar-refractivity contribution >= 4 is 0 Å². The van der Waals surface area contributed by atoms with Crippen LogP contribution < -0.4 is 0 Å². The number of hydrogen-bond donors (Lipinski definition) is 0. The number of aryl methyl sites for hydroxylation is 1. The average Bonchev–Trinajstić information content (AvgIpc) is 2.51. The molecule has 0 aliphatic carbocycles. The fourth-order valence-electron chi connectivity index (χ4n) is 1.79. The molecule has 2 rings (SSSR count). The molecule has 0 radical (unpaired) electrons. The molecule has 0 fully saturated rings. The Morgan fingerprint density at radius 3 is 2.85 bits per heavy atom. The Labute approximate surface area is 81.0 Å². The maximum atomic E-state index is 4.30. The van der Waals surface area contributed by atoms with Crippen molar-refractivity contribution < 1.29 is 0 Å². The Kier molecular flexibility index (Phi) is 3.52. The lowest BCUT2D eigenvalue weighted by atomic mass is 9.99. The van der Waals surface area contributed by atoms with E-state index in [0.717, 1.165) is 5.92 Å². The summed E-state index contributed by atoms with van der Waals surface area (Å²) in [5.74, 6) is 2.02. The molecule has 1 aliphatic rings. The lowest BCUT2D eigenvalue weighted by molar-refractivity contribution is 0.412. The zero-order chi connectivity index (χ0) is 9.84. The predicted octanol–water partition coefficient (Wildman–Crippen LogP) is 2.80. The molecule has 0 bridgehead atoms. The number of rotatable bonds is 0. The predicted molar refractivity (Wildman–Crippen MR) is 55.8 cm³/mol. The maximum Gasteiger partial charge on any atom is 0.105 e. The molecule has 0 aromatic carbocycles. The van der Waals surface area contributed by atoms with E-state index in [0.29, 0.717) is 0 Å². The van der Waals surface area contributed by atoms with Gasteiger partial charge in [-0.2, -0.15) is 0 Å². The van der Waals surface area contributed by atoms with E-state index in [4.69, 9.17) is 0 Å². The van der Waals surface area contributed by atoms with Gasteiger partial charge in [0.25, 0.3) is 0 Å². The first-order valence-electron chi connectivity index (χ1n) is 5.28. The second-order valence-electron chi connectivity index (χ2n) is 3.55. The van der Waals surface area contributed by atoms with Gasteiger partial charge >= 0.3 is 0 Å². The van der Waals surface area contributed by atoms with Crippen LogP contribution >= 0.6 is 0 Å². The molecule has 1 atom stereocenters. The van der Waals surface area contributed by atoms with Crippen LogP contribution in [0.5, 0.6) is 0 Å². The maximum absolute atomic E-state index is 4.30. The number of fused-ring (bicyclic) bond motifs is 1. The van der Waals surface area contributed by atoms with Crippen LogP contribution in [0.15, 0.2) is 6.20 Å². The molecule has 0 N–H and O–H groups in total. The molecule has 74 valence electrons. The quantitative estimate of drug-likeness (QED) is 0.600. The molecule has 13 heavy (non-hydrogen) atoms. The van der Waals surface area contributed by atoms with Gasteiger partial charge in [-0.15, -0.1) is 0 Å². The fraction of sp³-hybridized carbons (Fsp3) is 0.727. The summed E-state index contributed by atoms with van der Waals surface area (Å²) < 4.78 is 2.33. The van der Waals surface area contributed by atoms with Crippen LogP contribution in [0.4, 0.5) is 0 Å². The normalized spacial score (nSPS) is 20.2. The second kappa shape index (κ2) is 4.45. The van der Waals surface area contributed by atoms with E-state index in [1.807, 2.05) is 20.0 Å². The van der Waals surface area contributed by atoms with Crippen molar-refractivity contribution in [1.29, 1.82) is 0 Å². The summed E-state index contributed by atoms with van der Waals surface area (Å²) in [5.41, 5.74) is 1.42. The third-order valence-corrected chi connectivity index (χ3v) is 2.54. The summed E-state index contributed by atoms with van der Waals surface area (Å²) in [4.78, 5) is 4.30. The summed E-state index contributed by atoms with van der Waals surface area (Å²) in [6.07, 6.45) is 4.54. The molecule has 0 spiro atoms. The van der Waals surface area contributed by atoms with Gasteiger partial charge < -0.3 is 4.57 Å². The first-order chi connectivity index (χ1) is 6.27. The smallest absolute Gasteiger partial charge is 0.105 e. The second-order valence-corrected chi connectivity index (χ2v) is 3.55. The van der Waals surface area contributed by atoms with Crippen molar-refractivity contribution in [3.05, 3.63) is 17.7 Å². The van der Waals surface area contributed by atoms with E-state index >= 15 is 0 Å². The number of nitrogens with zero attached hydrogens (tertiary/aromatic N) is 2. The lowest BCUT2D eigenvalue weighted by Gasteiger charge is -2.20. The minimum absolute atomic E-state index is 0.846. The zero-order valence-corrected chi connectivity index (χ0v) is 9.17. The van der Waals surface area contributed by atoms with E-state index in [9.17, 15) is 0 Å². The van der Waals surface area contributed by atoms with Gasteiger partial charge in [0, 0.05) is 18.4 Å². The van der Waals surface area contributed by atoms with Gasteiger partial charge in [0.15, 0.2) is 0 Å². The average molecular weight is 180 g/mol. The fourth-order valence-corrected chi connectivity index (χ4v) is 1.79. The molecule has 2 nitrogen and oxygen atoms in total. The van der Waals surface area contributed by atoms with Crippen LogP contribution in [-0.4, -0.2) is 9.55 Å². The largest absolute Gasteiger partial charge is 0.332 e. The van der Waals surface area contributed by atoms with Crippen LogP contribution in [-0.2, 0) is 13.0 Å². The number of imidazole rings is 1. The van der Waals surface area contributed by atoms with Crippen LogP contribution in [0.3, 0.4) is 0 Å². The molecule has 0 saturated carbocycles. The summed E-state index contributed by atoms with van der Waals surface area (Å²) in [6.45, 7) is 9.56. The molecule has 2 heteroatoms. The van der Waals surface area contributed by atoms with Crippen molar-refractivity contribution in [3.8, 4) is 0 Å². The molecule has 1 aromatic rings. The van der Waals surface area contributed by atoms with E-state index in [-0.39, 0.29) is 0 Å². The number of aromatic nitrogens is 2. The van der Waals surface area contributed by atoms with Crippen molar-refractivity contribution in [2.24, 2.45) is 5.92 Å². The van der Waals surface area contributed by atoms with Crippen molar-refractivity contribution in [2.75, 3.05) is 0 Å². The highest BCUT2D eigenvalue weighted by Gasteiger charge is 2.15. The van der Waals surface area contributed by atoms with Gasteiger partial charge in [0.2, 0.25) is 0 Å². The molecule has 0 amide bonds. The highest BCUT2D eigenvalue weighted by molar-refractivity contribution is 5.07. The summed E-state index contributed by atoms with van der Waals surface area (Å²) in [7, 11) is 0. The van der Waals surface area contributed by atoms with Crippen LogP contribution in [0.2, 0.25) is 0 Å². The Balaban J connectivity index is 0.000000396. The Hall–Kier alpha value is -0.790. The SMILES string of the molecule is CC.Cc1ncc2n1CCC(C)C2. The first kappa shape index (κ1) is 10.3. The molecule has 2 heterocycles. The summed E-state index contributed by atoms with van der Waals surface area (Å²) >= 11 is 0.